The summed E-state index contributed by atoms with van der Waals surface area (Å²) in [5.74, 6) is 1.37. The van der Waals surface area contributed by atoms with Crippen molar-refractivity contribution in [1.29, 1.82) is 0 Å². The second kappa shape index (κ2) is 5.61. The predicted octanol–water partition coefficient (Wildman–Crippen LogP) is 0.358. The lowest BCUT2D eigenvalue weighted by atomic mass is 10.1. The summed E-state index contributed by atoms with van der Waals surface area (Å²) >= 11 is 0. The van der Waals surface area contributed by atoms with Gasteiger partial charge in [-0.05, 0) is 13.3 Å². The molecule has 0 amide bonds. The number of hydrogen-bond acceptors (Lipinski definition) is 6. The quantitative estimate of drug-likeness (QED) is 0.808. The van der Waals surface area contributed by atoms with Crippen molar-refractivity contribution in [1.82, 2.24) is 9.80 Å². The first-order valence-electron chi connectivity index (χ1n) is 7.37. The molecule has 112 valence electrons. The fourth-order valence-corrected chi connectivity index (χ4v) is 3.19. The molecule has 1 atom stereocenters. The lowest BCUT2D eigenvalue weighted by molar-refractivity contribution is -0.0821. The summed E-state index contributed by atoms with van der Waals surface area (Å²) in [5.41, 5.74) is 7.02. The molecule has 1 unspecified atom stereocenters. The number of rotatable bonds is 3. The Labute approximate surface area is 120 Å². The average molecular weight is 280 g/mol. The summed E-state index contributed by atoms with van der Waals surface area (Å²) in [6.45, 7) is 7.23. The molecule has 2 saturated heterocycles. The largest absolute Gasteiger partial charge is 0.480 e. The van der Waals surface area contributed by atoms with Crippen LogP contribution in [0.15, 0.2) is 16.6 Å². The number of hydrogen-bond donors (Lipinski definition) is 1. The Bertz CT molecular complexity index is 431. The number of nitrogens with zero attached hydrogens (tertiary/aromatic N) is 3. The topological polar surface area (TPSA) is 63.3 Å². The second-order valence-electron chi connectivity index (χ2n) is 5.79. The first-order valence-corrected chi connectivity index (χ1v) is 7.37. The van der Waals surface area contributed by atoms with E-state index in [9.17, 15) is 0 Å². The molecular weight excluding hydrogens is 256 g/mol. The molecule has 3 aliphatic rings. The Hall–Kier alpha value is -1.27. The van der Waals surface area contributed by atoms with Crippen LogP contribution in [-0.4, -0.2) is 67.7 Å². The molecule has 0 saturated carbocycles. The summed E-state index contributed by atoms with van der Waals surface area (Å²) in [5, 5.41) is 0. The molecule has 6 nitrogen and oxygen atoms in total. The molecule has 0 radical (unpaired) electrons. The van der Waals surface area contributed by atoms with E-state index in [1.54, 1.807) is 7.11 Å². The van der Waals surface area contributed by atoms with E-state index < -0.39 is 0 Å². The third-order valence-electron chi connectivity index (χ3n) is 4.45. The van der Waals surface area contributed by atoms with Crippen molar-refractivity contribution in [2.45, 2.75) is 31.8 Å². The van der Waals surface area contributed by atoms with Crippen LogP contribution in [0.4, 0.5) is 0 Å². The van der Waals surface area contributed by atoms with Crippen LogP contribution in [0.2, 0.25) is 0 Å². The summed E-state index contributed by atoms with van der Waals surface area (Å²) in [7, 11) is 1.67. The van der Waals surface area contributed by atoms with Gasteiger partial charge in [0.05, 0.1) is 32.1 Å². The maximum atomic E-state index is 5.81. The minimum absolute atomic E-state index is 0.471. The first kappa shape index (κ1) is 13.7. The van der Waals surface area contributed by atoms with Crippen molar-refractivity contribution in [2.24, 2.45) is 10.7 Å². The van der Waals surface area contributed by atoms with Gasteiger partial charge < -0.3 is 20.1 Å². The van der Waals surface area contributed by atoms with Crippen LogP contribution in [0.25, 0.3) is 0 Å². The summed E-state index contributed by atoms with van der Waals surface area (Å²) in [6.07, 6.45) is 1.75. The maximum absolute atomic E-state index is 5.81. The third kappa shape index (κ3) is 2.50. The van der Waals surface area contributed by atoms with E-state index >= 15 is 0 Å². The molecule has 0 aromatic heterocycles. The van der Waals surface area contributed by atoms with Gasteiger partial charge in [0, 0.05) is 32.1 Å². The van der Waals surface area contributed by atoms with Gasteiger partial charge >= 0.3 is 0 Å². The van der Waals surface area contributed by atoms with Gasteiger partial charge in [0.25, 0.3) is 0 Å². The predicted molar refractivity (Wildman–Crippen MR) is 77.2 cm³/mol. The zero-order valence-corrected chi connectivity index (χ0v) is 12.3. The number of piperazine rings is 1. The van der Waals surface area contributed by atoms with Crippen LogP contribution in [0.3, 0.4) is 0 Å². The standard InChI is InChI=1S/C14H24N4O2/c1-10-7-17(11-8-20-9-11)5-6-18(10)12-3-4-13(15)16-14(12)19-2/h10-11H,3-9H2,1-2H3,(H2,15,16). The van der Waals surface area contributed by atoms with Gasteiger partial charge in [-0.25, -0.2) is 0 Å². The molecule has 0 aromatic carbocycles. The van der Waals surface area contributed by atoms with Crippen LogP contribution in [0.1, 0.15) is 19.8 Å². The molecule has 2 N–H and O–H groups in total. The highest BCUT2D eigenvalue weighted by Crippen LogP contribution is 2.27. The van der Waals surface area contributed by atoms with Crippen LogP contribution >= 0.6 is 0 Å². The summed E-state index contributed by atoms with van der Waals surface area (Å²) in [4.78, 5) is 9.32. The molecule has 20 heavy (non-hydrogen) atoms. The van der Waals surface area contributed by atoms with Crippen molar-refractivity contribution >= 4 is 5.84 Å². The maximum Gasteiger partial charge on any atom is 0.234 e. The molecule has 6 heteroatoms. The Morgan fingerprint density at radius 1 is 1.30 bits per heavy atom. The molecule has 3 rings (SSSR count). The van der Waals surface area contributed by atoms with Gasteiger partial charge in [0.1, 0.15) is 5.84 Å². The SMILES string of the molecule is COC1=C(N2CCN(C3COC3)CC2C)CCC(N)=N1. The van der Waals surface area contributed by atoms with E-state index in [4.69, 9.17) is 15.2 Å². The van der Waals surface area contributed by atoms with Crippen molar-refractivity contribution < 1.29 is 9.47 Å². The molecule has 0 aromatic rings. The van der Waals surface area contributed by atoms with Gasteiger partial charge in [-0.3, -0.25) is 4.90 Å². The van der Waals surface area contributed by atoms with Gasteiger partial charge in [-0.15, -0.1) is 0 Å². The van der Waals surface area contributed by atoms with E-state index in [1.807, 2.05) is 0 Å². The molecule has 3 heterocycles. The number of allylic oxidation sites excluding steroid dienone is 1. The highest BCUT2D eigenvalue weighted by atomic mass is 16.5. The van der Waals surface area contributed by atoms with Crippen LogP contribution in [-0.2, 0) is 9.47 Å². The molecule has 2 fully saturated rings. The van der Waals surface area contributed by atoms with Crippen LogP contribution in [0.5, 0.6) is 0 Å². The van der Waals surface area contributed by atoms with Gasteiger partial charge in [0.15, 0.2) is 0 Å². The molecule has 0 bridgehead atoms. The normalized spacial score (nSPS) is 29.2. The second-order valence-corrected chi connectivity index (χ2v) is 5.79. The minimum Gasteiger partial charge on any atom is -0.480 e. The third-order valence-corrected chi connectivity index (χ3v) is 4.45. The lowest BCUT2D eigenvalue weighted by Gasteiger charge is -2.47. The van der Waals surface area contributed by atoms with Gasteiger partial charge in [0.2, 0.25) is 5.88 Å². The molecule has 3 aliphatic heterocycles. The molecule has 0 spiro atoms. The number of methoxy groups -OCH3 is 1. The average Bonchev–Trinajstić information content (AvgIpc) is 2.37. The Morgan fingerprint density at radius 2 is 2.10 bits per heavy atom. The van der Waals surface area contributed by atoms with E-state index in [1.165, 1.54) is 5.70 Å². The first-order chi connectivity index (χ1) is 9.69. The minimum atomic E-state index is 0.471. The Kier molecular flexibility index (Phi) is 3.85. The van der Waals surface area contributed by atoms with Crippen molar-refractivity contribution in [3.8, 4) is 0 Å². The molecular formula is C14H24N4O2. The zero-order valence-electron chi connectivity index (χ0n) is 12.3. The van der Waals surface area contributed by atoms with Crippen molar-refractivity contribution in [3.63, 3.8) is 0 Å². The lowest BCUT2D eigenvalue weighted by Crippen LogP contribution is -2.59. The monoisotopic (exact) mass is 280 g/mol. The summed E-state index contributed by atoms with van der Waals surface area (Å²) < 4.78 is 10.7. The summed E-state index contributed by atoms with van der Waals surface area (Å²) in [6, 6.07) is 1.09. The van der Waals surface area contributed by atoms with Crippen molar-refractivity contribution in [2.75, 3.05) is 40.0 Å². The Balaban J connectivity index is 1.71. The fraction of sp³-hybridized carbons (Fsp3) is 0.786. The van der Waals surface area contributed by atoms with E-state index in [0.29, 0.717) is 23.8 Å². The van der Waals surface area contributed by atoms with Gasteiger partial charge in [-0.1, -0.05) is 0 Å². The number of ether oxygens (including phenoxy) is 2. The smallest absolute Gasteiger partial charge is 0.234 e. The molecule has 0 aliphatic carbocycles. The van der Waals surface area contributed by atoms with Gasteiger partial charge in [-0.2, -0.15) is 4.99 Å². The van der Waals surface area contributed by atoms with Crippen molar-refractivity contribution in [3.05, 3.63) is 11.6 Å². The number of aliphatic imine (C=N–C) groups is 1. The van der Waals surface area contributed by atoms with E-state index in [-0.39, 0.29) is 0 Å². The van der Waals surface area contributed by atoms with E-state index in [2.05, 4.69) is 21.7 Å². The fourth-order valence-electron chi connectivity index (χ4n) is 3.19. The zero-order chi connectivity index (χ0) is 14.1. The highest BCUT2D eigenvalue weighted by molar-refractivity contribution is 5.82. The highest BCUT2D eigenvalue weighted by Gasteiger charge is 2.34. The number of amidine groups is 1. The van der Waals surface area contributed by atoms with E-state index in [0.717, 1.165) is 45.7 Å². The van der Waals surface area contributed by atoms with Crippen LogP contribution < -0.4 is 5.73 Å². The number of nitrogens with two attached hydrogens (primary N) is 1. The Morgan fingerprint density at radius 3 is 2.70 bits per heavy atom. The van der Waals surface area contributed by atoms with Crippen LogP contribution in [0, 0.1) is 0 Å².